The van der Waals surface area contributed by atoms with Gasteiger partial charge in [-0.2, -0.15) is 4.98 Å². The Bertz CT molecular complexity index is 619. The Morgan fingerprint density at radius 3 is 2.60 bits per heavy atom. The van der Waals surface area contributed by atoms with E-state index >= 15 is 0 Å². The monoisotopic (exact) mass is 282 g/mol. The molecule has 0 fully saturated rings. The third-order valence-corrected chi connectivity index (χ3v) is 2.54. The first-order valence-electron chi connectivity index (χ1n) is 5.79. The second kappa shape index (κ2) is 5.64. The molecule has 0 aliphatic heterocycles. The van der Waals surface area contributed by atoms with E-state index in [1.807, 2.05) is 0 Å². The molecule has 0 bridgehead atoms. The fraction of sp³-hybridized carbons (Fsp3) is 0.250. The number of carbonyl (C=O) groups is 1. The normalized spacial score (nSPS) is 10.6. The maximum Gasteiger partial charge on any atom is 0.251 e. The molecule has 6 nitrogen and oxygen atoms in total. The number of aryl methyl sites for hydroxylation is 1. The number of hydrogen-bond acceptors (Lipinski definition) is 5. The molecule has 106 valence electrons. The molecule has 0 unspecified atom stereocenters. The van der Waals surface area contributed by atoms with Crippen molar-refractivity contribution in [3.8, 4) is 0 Å². The lowest BCUT2D eigenvalue weighted by Crippen LogP contribution is -2.26. The lowest BCUT2D eigenvalue weighted by atomic mass is 10.1. The molecule has 1 aromatic carbocycles. The third-order valence-electron chi connectivity index (χ3n) is 2.54. The van der Waals surface area contributed by atoms with Gasteiger partial charge in [-0.25, -0.2) is 8.78 Å². The van der Waals surface area contributed by atoms with Crippen molar-refractivity contribution in [2.45, 2.75) is 13.3 Å². The van der Waals surface area contributed by atoms with Crippen LogP contribution in [0.4, 0.5) is 14.5 Å². The van der Waals surface area contributed by atoms with Crippen LogP contribution in [0, 0.1) is 18.6 Å². The van der Waals surface area contributed by atoms with Crippen molar-refractivity contribution in [2.75, 3.05) is 12.3 Å². The Hall–Kier alpha value is -2.51. The molecule has 0 saturated heterocycles. The molecule has 1 aromatic heterocycles. The van der Waals surface area contributed by atoms with Crippen molar-refractivity contribution in [1.29, 1.82) is 0 Å². The SMILES string of the molecule is Cc1noc(CCNC(=O)c2cc(F)c(N)c(F)c2)n1. The molecule has 0 radical (unpaired) electrons. The average molecular weight is 282 g/mol. The van der Waals surface area contributed by atoms with Gasteiger partial charge in [0.1, 0.15) is 17.3 Å². The Morgan fingerprint density at radius 1 is 1.40 bits per heavy atom. The highest BCUT2D eigenvalue weighted by molar-refractivity contribution is 5.94. The predicted molar refractivity (Wildman–Crippen MR) is 65.8 cm³/mol. The molecule has 20 heavy (non-hydrogen) atoms. The molecular formula is C12H12F2N4O2. The second-order valence-electron chi connectivity index (χ2n) is 4.09. The number of nitrogens with zero attached hydrogens (tertiary/aromatic N) is 2. The zero-order chi connectivity index (χ0) is 14.7. The fourth-order valence-electron chi connectivity index (χ4n) is 1.54. The van der Waals surface area contributed by atoms with Crippen LogP contribution in [0.25, 0.3) is 0 Å². The molecule has 0 aliphatic carbocycles. The Balaban J connectivity index is 1.95. The summed E-state index contributed by atoms with van der Waals surface area (Å²) in [6.45, 7) is 1.87. The third kappa shape index (κ3) is 3.08. The molecule has 0 spiro atoms. The molecular weight excluding hydrogens is 270 g/mol. The van der Waals surface area contributed by atoms with Gasteiger partial charge in [0, 0.05) is 18.5 Å². The maximum atomic E-state index is 13.2. The van der Waals surface area contributed by atoms with Crippen molar-refractivity contribution in [3.63, 3.8) is 0 Å². The highest BCUT2D eigenvalue weighted by Gasteiger charge is 2.13. The summed E-state index contributed by atoms with van der Waals surface area (Å²) in [5, 5.41) is 6.08. The molecule has 0 aliphatic rings. The summed E-state index contributed by atoms with van der Waals surface area (Å²) in [6, 6.07) is 1.76. The summed E-state index contributed by atoms with van der Waals surface area (Å²) in [5.41, 5.74) is 4.37. The number of hydrogen-bond donors (Lipinski definition) is 2. The van der Waals surface area contributed by atoms with Crippen LogP contribution in [0.5, 0.6) is 0 Å². The van der Waals surface area contributed by atoms with E-state index in [1.54, 1.807) is 6.92 Å². The number of halogens is 2. The minimum Gasteiger partial charge on any atom is -0.394 e. The van der Waals surface area contributed by atoms with Crippen LogP contribution in [0.3, 0.4) is 0 Å². The molecule has 0 atom stereocenters. The van der Waals surface area contributed by atoms with Crippen LogP contribution < -0.4 is 11.1 Å². The Labute approximate surface area is 113 Å². The first-order chi connectivity index (χ1) is 9.47. The highest BCUT2D eigenvalue weighted by Crippen LogP contribution is 2.17. The van der Waals surface area contributed by atoms with Crippen molar-refractivity contribution in [2.24, 2.45) is 0 Å². The summed E-state index contributed by atoms with van der Waals surface area (Å²) in [6.07, 6.45) is 0.326. The molecule has 1 heterocycles. The van der Waals surface area contributed by atoms with Gasteiger partial charge in [-0.05, 0) is 19.1 Å². The summed E-state index contributed by atoms with van der Waals surface area (Å²) in [4.78, 5) is 15.7. The Kier molecular flexibility index (Phi) is 3.92. The van der Waals surface area contributed by atoms with Gasteiger partial charge in [-0.3, -0.25) is 4.79 Å². The zero-order valence-corrected chi connectivity index (χ0v) is 10.6. The minimum absolute atomic E-state index is 0.143. The Morgan fingerprint density at radius 2 is 2.05 bits per heavy atom. The van der Waals surface area contributed by atoms with Gasteiger partial charge < -0.3 is 15.6 Å². The largest absolute Gasteiger partial charge is 0.394 e. The lowest BCUT2D eigenvalue weighted by Gasteiger charge is -2.05. The van der Waals surface area contributed by atoms with E-state index in [1.165, 1.54) is 0 Å². The summed E-state index contributed by atoms with van der Waals surface area (Å²) < 4.78 is 31.3. The minimum atomic E-state index is -0.970. The molecule has 2 aromatic rings. The number of benzene rings is 1. The highest BCUT2D eigenvalue weighted by atomic mass is 19.1. The predicted octanol–water partition coefficient (Wildman–Crippen LogP) is 1.21. The summed E-state index contributed by atoms with van der Waals surface area (Å²) >= 11 is 0. The number of anilines is 1. The van der Waals surface area contributed by atoms with Crippen molar-refractivity contribution in [3.05, 3.63) is 41.0 Å². The molecule has 1 amide bonds. The van der Waals surface area contributed by atoms with Gasteiger partial charge in [-0.1, -0.05) is 5.16 Å². The number of nitrogens with two attached hydrogens (primary N) is 1. The number of nitrogen functional groups attached to an aromatic ring is 1. The van der Waals surface area contributed by atoms with Crippen molar-refractivity contribution in [1.82, 2.24) is 15.5 Å². The first-order valence-corrected chi connectivity index (χ1v) is 5.79. The number of carbonyl (C=O) groups excluding carboxylic acids is 1. The average Bonchev–Trinajstić information content (AvgIpc) is 2.81. The second-order valence-corrected chi connectivity index (χ2v) is 4.09. The fourth-order valence-corrected chi connectivity index (χ4v) is 1.54. The quantitative estimate of drug-likeness (QED) is 0.822. The van der Waals surface area contributed by atoms with Gasteiger partial charge in [-0.15, -0.1) is 0 Å². The van der Waals surface area contributed by atoms with Crippen molar-refractivity contribution < 1.29 is 18.1 Å². The van der Waals surface area contributed by atoms with E-state index < -0.39 is 23.2 Å². The number of aromatic nitrogens is 2. The van der Waals surface area contributed by atoms with Crippen molar-refractivity contribution >= 4 is 11.6 Å². The van der Waals surface area contributed by atoms with Crippen LogP contribution in [-0.2, 0) is 6.42 Å². The van der Waals surface area contributed by atoms with Crippen LogP contribution in [0.1, 0.15) is 22.1 Å². The van der Waals surface area contributed by atoms with Gasteiger partial charge in [0.2, 0.25) is 5.89 Å². The van der Waals surface area contributed by atoms with E-state index in [4.69, 9.17) is 10.3 Å². The maximum absolute atomic E-state index is 13.2. The summed E-state index contributed by atoms with van der Waals surface area (Å²) in [5.74, 6) is -1.68. The topological polar surface area (TPSA) is 94.0 Å². The lowest BCUT2D eigenvalue weighted by molar-refractivity contribution is 0.0952. The van der Waals surface area contributed by atoms with E-state index in [0.717, 1.165) is 12.1 Å². The van der Waals surface area contributed by atoms with Gasteiger partial charge in [0.25, 0.3) is 5.91 Å². The van der Waals surface area contributed by atoms with Crippen LogP contribution in [-0.4, -0.2) is 22.6 Å². The standard InChI is InChI=1S/C12H12F2N4O2/c1-6-17-10(20-18-6)2-3-16-12(19)7-4-8(13)11(15)9(14)5-7/h4-5H,2-3,15H2,1H3,(H,16,19). The summed E-state index contributed by atoms with van der Waals surface area (Å²) in [7, 11) is 0. The van der Waals surface area contributed by atoms with E-state index in [-0.39, 0.29) is 12.1 Å². The van der Waals surface area contributed by atoms with Gasteiger partial charge in [0.05, 0.1) is 0 Å². The number of amides is 1. The first kappa shape index (κ1) is 13.9. The van der Waals surface area contributed by atoms with Crippen LogP contribution >= 0.6 is 0 Å². The molecule has 8 heteroatoms. The van der Waals surface area contributed by atoms with Crippen LogP contribution in [0.15, 0.2) is 16.7 Å². The molecule has 0 saturated carbocycles. The van der Waals surface area contributed by atoms with Gasteiger partial charge in [0.15, 0.2) is 5.82 Å². The van der Waals surface area contributed by atoms with Gasteiger partial charge >= 0.3 is 0 Å². The molecule has 2 rings (SSSR count). The van der Waals surface area contributed by atoms with Crippen LogP contribution in [0.2, 0.25) is 0 Å². The molecule has 3 N–H and O–H groups in total. The number of nitrogens with one attached hydrogen (secondary N) is 1. The van der Waals surface area contributed by atoms with E-state index in [2.05, 4.69) is 15.5 Å². The smallest absolute Gasteiger partial charge is 0.251 e. The number of rotatable bonds is 4. The van der Waals surface area contributed by atoms with E-state index in [9.17, 15) is 13.6 Å². The zero-order valence-electron chi connectivity index (χ0n) is 10.6. The van der Waals surface area contributed by atoms with E-state index in [0.29, 0.717) is 18.1 Å².